The molecule has 0 aliphatic heterocycles. The number of nitrogens with one attached hydrogen (secondary N) is 2. The molecule has 0 unspecified atom stereocenters. The van der Waals surface area contributed by atoms with Crippen LogP contribution in [0.15, 0.2) is 88.7 Å². The summed E-state index contributed by atoms with van der Waals surface area (Å²) in [5, 5.41) is 3.03. The van der Waals surface area contributed by atoms with Crippen LogP contribution in [0.1, 0.15) is 6.92 Å². The van der Waals surface area contributed by atoms with E-state index in [1.54, 1.807) is 36.4 Å². The molecular weight excluding hydrogens is 428 g/mol. The summed E-state index contributed by atoms with van der Waals surface area (Å²) < 4.78 is 27.5. The van der Waals surface area contributed by atoms with E-state index in [1.165, 1.54) is 23.9 Å². The molecule has 0 fully saturated rings. The van der Waals surface area contributed by atoms with E-state index in [9.17, 15) is 13.2 Å². The van der Waals surface area contributed by atoms with Crippen molar-refractivity contribution in [3.8, 4) is 0 Å². The Balaban J connectivity index is 1.63. The van der Waals surface area contributed by atoms with Gasteiger partial charge in [0, 0.05) is 21.3 Å². The third-order valence-corrected chi connectivity index (χ3v) is 6.72. The van der Waals surface area contributed by atoms with Crippen molar-refractivity contribution in [3.05, 3.63) is 83.9 Å². The third kappa shape index (κ3) is 6.00. The molecule has 0 bridgehead atoms. The lowest BCUT2D eigenvalue weighted by atomic mass is 10.3. The molecule has 5 nitrogen and oxygen atoms in total. The van der Waals surface area contributed by atoms with Crippen LogP contribution in [-0.4, -0.2) is 19.6 Å². The van der Waals surface area contributed by atoms with Crippen molar-refractivity contribution in [2.75, 3.05) is 10.0 Å². The fourth-order valence-corrected chi connectivity index (χ4v) is 4.52. The molecule has 150 valence electrons. The van der Waals surface area contributed by atoms with Crippen molar-refractivity contribution < 1.29 is 13.2 Å². The zero-order chi connectivity index (χ0) is 20.9. The van der Waals surface area contributed by atoms with E-state index in [1.807, 2.05) is 37.3 Å². The fraction of sp³-hybridized carbons (Fsp3) is 0.0952. The number of thioether (sulfide) groups is 1. The van der Waals surface area contributed by atoms with Gasteiger partial charge >= 0.3 is 0 Å². The monoisotopic (exact) mass is 446 g/mol. The summed E-state index contributed by atoms with van der Waals surface area (Å²) in [5.74, 6) is -0.159. The molecule has 3 aromatic carbocycles. The first-order chi connectivity index (χ1) is 13.8. The van der Waals surface area contributed by atoms with Crippen LogP contribution in [0.4, 0.5) is 11.4 Å². The summed E-state index contributed by atoms with van der Waals surface area (Å²) in [7, 11) is -3.74. The number of hydrogen-bond acceptors (Lipinski definition) is 4. The van der Waals surface area contributed by atoms with E-state index in [0.717, 1.165) is 4.90 Å². The van der Waals surface area contributed by atoms with Crippen molar-refractivity contribution >= 4 is 50.7 Å². The first-order valence-electron chi connectivity index (χ1n) is 8.74. The van der Waals surface area contributed by atoms with Crippen LogP contribution in [0.25, 0.3) is 0 Å². The zero-order valence-corrected chi connectivity index (χ0v) is 17.9. The highest BCUT2D eigenvalue weighted by atomic mass is 35.5. The van der Waals surface area contributed by atoms with Gasteiger partial charge in [0.15, 0.2) is 0 Å². The van der Waals surface area contributed by atoms with Gasteiger partial charge in [-0.05, 0) is 67.6 Å². The van der Waals surface area contributed by atoms with E-state index in [-0.39, 0.29) is 16.1 Å². The van der Waals surface area contributed by atoms with Gasteiger partial charge in [0.2, 0.25) is 5.91 Å². The molecule has 0 aliphatic carbocycles. The Morgan fingerprint density at radius 3 is 2.10 bits per heavy atom. The number of amides is 1. The fourth-order valence-electron chi connectivity index (χ4n) is 2.45. The normalized spacial score (nSPS) is 12.2. The van der Waals surface area contributed by atoms with Gasteiger partial charge in [-0.3, -0.25) is 9.52 Å². The van der Waals surface area contributed by atoms with Crippen molar-refractivity contribution in [2.24, 2.45) is 0 Å². The Bertz CT molecular complexity index is 1070. The molecule has 0 heterocycles. The largest absolute Gasteiger partial charge is 0.325 e. The number of halogens is 1. The Labute approximate surface area is 179 Å². The molecule has 0 aromatic heterocycles. The van der Waals surface area contributed by atoms with Gasteiger partial charge < -0.3 is 5.32 Å². The maximum Gasteiger partial charge on any atom is 0.261 e. The Morgan fingerprint density at radius 1 is 0.897 bits per heavy atom. The highest BCUT2D eigenvalue weighted by molar-refractivity contribution is 8.00. The van der Waals surface area contributed by atoms with Gasteiger partial charge in [0.05, 0.1) is 10.1 Å². The average Bonchev–Trinajstić information content (AvgIpc) is 2.71. The van der Waals surface area contributed by atoms with E-state index >= 15 is 0 Å². The minimum absolute atomic E-state index is 0.0946. The van der Waals surface area contributed by atoms with Gasteiger partial charge in [0.25, 0.3) is 10.0 Å². The van der Waals surface area contributed by atoms with Crippen LogP contribution >= 0.6 is 23.4 Å². The van der Waals surface area contributed by atoms with Crippen LogP contribution in [-0.2, 0) is 14.8 Å². The number of benzene rings is 3. The lowest BCUT2D eigenvalue weighted by molar-refractivity contribution is -0.115. The number of anilines is 2. The standard InChI is InChI=1S/C21H19ClN2O3S2/c1-15(28-19-5-3-2-4-6-19)21(25)23-17-11-13-20(14-12-17)29(26,27)24-18-9-7-16(22)8-10-18/h2-15,24H,1H3,(H,23,25)/t15-/m1/s1. The molecule has 1 atom stereocenters. The van der Waals surface area contributed by atoms with Crippen LogP contribution in [0.5, 0.6) is 0 Å². The maximum absolute atomic E-state index is 12.5. The minimum Gasteiger partial charge on any atom is -0.325 e. The predicted molar refractivity (Wildman–Crippen MR) is 119 cm³/mol. The quantitative estimate of drug-likeness (QED) is 0.485. The molecule has 0 aliphatic rings. The number of carbonyl (C=O) groups is 1. The van der Waals surface area contributed by atoms with Gasteiger partial charge in [-0.15, -0.1) is 11.8 Å². The summed E-state index contributed by atoms with van der Waals surface area (Å²) >= 11 is 7.27. The van der Waals surface area contributed by atoms with Crippen LogP contribution in [0, 0.1) is 0 Å². The zero-order valence-electron chi connectivity index (χ0n) is 15.5. The average molecular weight is 447 g/mol. The second kappa shape index (κ2) is 9.35. The van der Waals surface area contributed by atoms with Crippen molar-refractivity contribution in [3.63, 3.8) is 0 Å². The number of sulfonamides is 1. The Kier molecular flexibility index (Phi) is 6.84. The first-order valence-corrected chi connectivity index (χ1v) is 11.5. The van der Waals surface area contributed by atoms with E-state index in [4.69, 9.17) is 11.6 Å². The lowest BCUT2D eigenvalue weighted by Gasteiger charge is -2.13. The number of rotatable bonds is 7. The van der Waals surface area contributed by atoms with Gasteiger partial charge in [0.1, 0.15) is 0 Å². The molecule has 1 amide bonds. The maximum atomic E-state index is 12.5. The molecule has 2 N–H and O–H groups in total. The Hall–Kier alpha value is -2.48. The lowest BCUT2D eigenvalue weighted by Crippen LogP contribution is -2.22. The van der Waals surface area contributed by atoms with Crippen LogP contribution in [0.3, 0.4) is 0 Å². The van der Waals surface area contributed by atoms with Crippen molar-refractivity contribution in [1.82, 2.24) is 0 Å². The molecule has 29 heavy (non-hydrogen) atoms. The predicted octanol–water partition coefficient (Wildman–Crippen LogP) is 5.26. The molecular formula is C21H19ClN2O3S2. The molecule has 0 saturated carbocycles. The Morgan fingerprint density at radius 2 is 1.48 bits per heavy atom. The number of hydrogen-bond donors (Lipinski definition) is 2. The summed E-state index contributed by atoms with van der Waals surface area (Å²) in [4.78, 5) is 13.5. The summed E-state index contributed by atoms with van der Waals surface area (Å²) in [6, 6.07) is 22.1. The highest BCUT2D eigenvalue weighted by Gasteiger charge is 2.17. The first kappa shape index (κ1) is 21.2. The van der Waals surface area contributed by atoms with Gasteiger partial charge in [-0.2, -0.15) is 0 Å². The highest BCUT2D eigenvalue weighted by Crippen LogP contribution is 2.24. The molecule has 0 spiro atoms. The molecule has 3 aromatic rings. The number of carbonyl (C=O) groups excluding carboxylic acids is 1. The third-order valence-electron chi connectivity index (χ3n) is 3.95. The second-order valence-electron chi connectivity index (χ2n) is 6.20. The summed E-state index contributed by atoms with van der Waals surface area (Å²) in [6.45, 7) is 1.82. The second-order valence-corrected chi connectivity index (χ2v) is 9.73. The van der Waals surface area contributed by atoms with E-state index in [2.05, 4.69) is 10.0 Å². The summed E-state index contributed by atoms with van der Waals surface area (Å²) in [6.07, 6.45) is 0. The minimum atomic E-state index is -3.74. The van der Waals surface area contributed by atoms with Crippen LogP contribution < -0.4 is 10.0 Å². The van der Waals surface area contributed by atoms with E-state index < -0.39 is 10.0 Å². The summed E-state index contributed by atoms with van der Waals surface area (Å²) in [5.41, 5.74) is 0.944. The SMILES string of the molecule is C[C@@H](Sc1ccccc1)C(=O)Nc1ccc(S(=O)(=O)Nc2ccc(Cl)cc2)cc1. The topological polar surface area (TPSA) is 75.3 Å². The molecule has 8 heteroatoms. The van der Waals surface area contributed by atoms with Crippen molar-refractivity contribution in [1.29, 1.82) is 0 Å². The molecule has 3 rings (SSSR count). The van der Waals surface area contributed by atoms with Gasteiger partial charge in [-0.25, -0.2) is 8.42 Å². The smallest absolute Gasteiger partial charge is 0.261 e. The molecule has 0 radical (unpaired) electrons. The molecule has 0 saturated heterocycles. The van der Waals surface area contributed by atoms with E-state index in [0.29, 0.717) is 16.4 Å². The van der Waals surface area contributed by atoms with Gasteiger partial charge in [-0.1, -0.05) is 29.8 Å². The van der Waals surface area contributed by atoms with Crippen LogP contribution in [0.2, 0.25) is 5.02 Å². The van der Waals surface area contributed by atoms with Crippen molar-refractivity contribution in [2.45, 2.75) is 22.0 Å².